The van der Waals surface area contributed by atoms with Gasteiger partial charge in [-0.15, -0.1) is 0 Å². The summed E-state index contributed by atoms with van der Waals surface area (Å²) in [4.78, 5) is 11.1. The normalized spacial score (nSPS) is 15.3. The van der Waals surface area contributed by atoms with E-state index in [2.05, 4.69) is 4.72 Å². The fraction of sp³-hybridized carbons (Fsp3) is 0.438. The number of alkyl halides is 3. The smallest absolute Gasteiger partial charge is 0.408 e. The molecule has 0 fully saturated rings. The molecule has 5 nitrogen and oxygen atoms in total. The summed E-state index contributed by atoms with van der Waals surface area (Å²) in [5.74, 6) is -1.23. The fourth-order valence-electron chi connectivity index (χ4n) is 2.38. The third kappa shape index (κ3) is 4.04. The second-order valence-corrected chi connectivity index (χ2v) is 8.70. The van der Waals surface area contributed by atoms with E-state index in [0.29, 0.717) is 5.52 Å². The first-order chi connectivity index (χ1) is 11.3. The van der Waals surface area contributed by atoms with Crippen LogP contribution in [0.2, 0.25) is 0 Å². The number of fused-ring (bicyclic) bond motifs is 1. The minimum atomic E-state index is -4.70. The first-order valence-corrected chi connectivity index (χ1v) is 8.54. The minimum Gasteiger partial charge on any atom is -0.478 e. The van der Waals surface area contributed by atoms with E-state index in [1.165, 1.54) is 29.0 Å². The molecule has 2 unspecified atom stereocenters. The summed E-state index contributed by atoms with van der Waals surface area (Å²) >= 11 is 0. The Labute approximate surface area is 145 Å². The highest BCUT2D eigenvalue weighted by Gasteiger charge is 2.44. The second-order valence-electron chi connectivity index (χ2n) is 6.71. The molecule has 0 radical (unpaired) electrons. The molecule has 2 rings (SSSR count). The molecule has 9 heteroatoms. The van der Waals surface area contributed by atoms with Gasteiger partial charge in [0.05, 0.1) is 21.3 Å². The Bertz CT molecular complexity index is 837. The van der Waals surface area contributed by atoms with Crippen LogP contribution in [0.15, 0.2) is 24.4 Å². The van der Waals surface area contributed by atoms with E-state index in [1.54, 1.807) is 27.8 Å². The molecule has 0 aliphatic carbocycles. The number of carboxylic acid groups (broad SMARTS) is 1. The predicted molar refractivity (Wildman–Crippen MR) is 89.7 cm³/mol. The van der Waals surface area contributed by atoms with Gasteiger partial charge < -0.3 is 9.67 Å². The predicted octanol–water partition coefficient (Wildman–Crippen LogP) is 3.53. The van der Waals surface area contributed by atoms with Crippen molar-refractivity contribution in [2.75, 3.05) is 0 Å². The maximum Gasteiger partial charge on any atom is 0.408 e. The zero-order valence-corrected chi connectivity index (χ0v) is 15.0. The SMILES string of the molecule is Cn1cc(C(NS(=O)C(C)(C)C)C(F)(F)F)c2cc(C(=O)O)ccc21. The van der Waals surface area contributed by atoms with E-state index in [-0.39, 0.29) is 16.5 Å². The van der Waals surface area contributed by atoms with Gasteiger partial charge in [-0.25, -0.2) is 13.7 Å². The number of aromatic carboxylic acids is 1. The van der Waals surface area contributed by atoms with Gasteiger partial charge in [0.25, 0.3) is 0 Å². The van der Waals surface area contributed by atoms with Crippen LogP contribution in [0.3, 0.4) is 0 Å². The van der Waals surface area contributed by atoms with Crippen LogP contribution < -0.4 is 4.72 Å². The number of rotatable bonds is 4. The van der Waals surface area contributed by atoms with Gasteiger partial charge in [-0.2, -0.15) is 13.2 Å². The van der Waals surface area contributed by atoms with Crippen LogP contribution in [0.1, 0.15) is 42.7 Å². The molecule has 2 N–H and O–H groups in total. The van der Waals surface area contributed by atoms with Crippen LogP contribution in [-0.4, -0.2) is 30.8 Å². The quantitative estimate of drug-likeness (QED) is 0.858. The summed E-state index contributed by atoms with van der Waals surface area (Å²) in [6, 6.07) is 1.81. The molecule has 1 heterocycles. The number of carbonyl (C=O) groups is 1. The largest absolute Gasteiger partial charge is 0.478 e. The van der Waals surface area contributed by atoms with E-state index >= 15 is 0 Å². The van der Waals surface area contributed by atoms with Gasteiger partial charge in [0.1, 0.15) is 6.04 Å². The molecule has 0 amide bonds. The fourth-order valence-corrected chi connectivity index (χ4v) is 3.20. The summed E-state index contributed by atoms with van der Waals surface area (Å²) < 4.78 is 55.8. The van der Waals surface area contributed by atoms with Gasteiger partial charge in [0, 0.05) is 29.7 Å². The molecular formula is C16H19F3N2O3S. The first-order valence-electron chi connectivity index (χ1n) is 7.39. The van der Waals surface area contributed by atoms with Crippen molar-refractivity contribution in [2.24, 2.45) is 7.05 Å². The molecule has 2 aromatic rings. The molecule has 0 spiro atoms. The van der Waals surface area contributed by atoms with Gasteiger partial charge in [0.2, 0.25) is 0 Å². The summed E-state index contributed by atoms with van der Waals surface area (Å²) in [5, 5.41) is 9.25. The van der Waals surface area contributed by atoms with Crippen LogP contribution in [0, 0.1) is 0 Å². The van der Waals surface area contributed by atoms with Crippen LogP contribution in [0.5, 0.6) is 0 Å². The van der Waals surface area contributed by atoms with Gasteiger partial charge >= 0.3 is 12.1 Å². The lowest BCUT2D eigenvalue weighted by Crippen LogP contribution is -2.41. The van der Waals surface area contributed by atoms with Crippen LogP contribution in [-0.2, 0) is 18.0 Å². The zero-order chi connectivity index (χ0) is 19.2. The molecule has 1 aromatic heterocycles. The molecule has 0 aliphatic rings. The van der Waals surface area contributed by atoms with Gasteiger partial charge in [-0.05, 0) is 39.0 Å². The highest BCUT2D eigenvalue weighted by molar-refractivity contribution is 7.84. The van der Waals surface area contributed by atoms with Gasteiger partial charge in [-0.3, -0.25) is 0 Å². The highest BCUT2D eigenvalue weighted by atomic mass is 32.2. The van der Waals surface area contributed by atoms with Crippen molar-refractivity contribution in [3.05, 3.63) is 35.5 Å². The van der Waals surface area contributed by atoms with E-state index in [4.69, 9.17) is 5.11 Å². The Hall–Kier alpha value is -1.87. The Morgan fingerprint density at radius 1 is 1.28 bits per heavy atom. The Balaban J connectivity index is 2.63. The molecule has 1 aromatic carbocycles. The third-order valence-electron chi connectivity index (χ3n) is 3.69. The number of benzene rings is 1. The Morgan fingerprint density at radius 3 is 2.36 bits per heavy atom. The summed E-state index contributed by atoms with van der Waals surface area (Å²) in [7, 11) is -0.388. The number of hydrogen-bond donors (Lipinski definition) is 2. The maximum atomic E-state index is 13.6. The molecule has 25 heavy (non-hydrogen) atoms. The van der Waals surface area contributed by atoms with Crippen molar-refractivity contribution in [3.63, 3.8) is 0 Å². The third-order valence-corrected chi connectivity index (χ3v) is 5.25. The van der Waals surface area contributed by atoms with Gasteiger partial charge in [0.15, 0.2) is 0 Å². The Kier molecular flexibility index (Phi) is 5.02. The number of halogens is 3. The molecular weight excluding hydrogens is 357 g/mol. The summed E-state index contributed by atoms with van der Waals surface area (Å²) in [5.41, 5.74) is 0.182. The van der Waals surface area contributed by atoms with E-state index in [9.17, 15) is 22.2 Å². The average Bonchev–Trinajstić information content (AvgIpc) is 2.78. The molecule has 2 atom stereocenters. The monoisotopic (exact) mass is 376 g/mol. The van der Waals surface area contributed by atoms with Crippen molar-refractivity contribution in [1.29, 1.82) is 0 Å². The lowest BCUT2D eigenvalue weighted by atomic mass is 10.0. The van der Waals surface area contributed by atoms with Crippen molar-refractivity contribution in [3.8, 4) is 0 Å². The topological polar surface area (TPSA) is 71.3 Å². The molecule has 0 saturated carbocycles. The number of carboxylic acids is 1. The molecule has 0 saturated heterocycles. The van der Waals surface area contributed by atoms with Crippen molar-refractivity contribution in [2.45, 2.75) is 37.7 Å². The average molecular weight is 376 g/mol. The van der Waals surface area contributed by atoms with Crippen LogP contribution in [0.4, 0.5) is 13.2 Å². The van der Waals surface area contributed by atoms with E-state index in [1.807, 2.05) is 0 Å². The lowest BCUT2D eigenvalue weighted by molar-refractivity contribution is -0.152. The second kappa shape index (κ2) is 6.45. The zero-order valence-electron chi connectivity index (χ0n) is 14.1. The van der Waals surface area contributed by atoms with E-state index < -0.39 is 33.9 Å². The lowest BCUT2D eigenvalue weighted by Gasteiger charge is -2.25. The summed E-state index contributed by atoms with van der Waals surface area (Å²) in [6.45, 7) is 4.69. The number of hydrogen-bond acceptors (Lipinski definition) is 2. The molecule has 0 aliphatic heterocycles. The first kappa shape index (κ1) is 19.5. The standard InChI is InChI=1S/C16H19F3N2O3S/c1-15(2,3)25(24)20-13(16(17,18)19)11-8-21(4)12-6-5-9(14(22)23)7-10(11)12/h5-8,13,20H,1-4H3,(H,22,23). The Morgan fingerprint density at radius 2 is 1.88 bits per heavy atom. The minimum absolute atomic E-state index is 0.113. The molecule has 0 bridgehead atoms. The molecule has 138 valence electrons. The van der Waals surface area contributed by atoms with Crippen molar-refractivity contribution in [1.82, 2.24) is 9.29 Å². The number of aryl methyl sites for hydroxylation is 1. The van der Waals surface area contributed by atoms with Crippen LogP contribution in [0.25, 0.3) is 10.9 Å². The van der Waals surface area contributed by atoms with E-state index in [0.717, 1.165) is 0 Å². The highest BCUT2D eigenvalue weighted by Crippen LogP contribution is 2.38. The number of aromatic nitrogens is 1. The van der Waals surface area contributed by atoms with Crippen LogP contribution >= 0.6 is 0 Å². The number of nitrogens with one attached hydrogen (secondary N) is 1. The summed E-state index contributed by atoms with van der Waals surface area (Å²) in [6.07, 6.45) is -3.42. The van der Waals surface area contributed by atoms with Gasteiger partial charge in [-0.1, -0.05) is 0 Å². The van der Waals surface area contributed by atoms with Crippen molar-refractivity contribution < 1.29 is 27.3 Å². The number of nitrogens with zero attached hydrogens (tertiary/aromatic N) is 1. The maximum absolute atomic E-state index is 13.6. The van der Waals surface area contributed by atoms with Crippen molar-refractivity contribution >= 4 is 27.9 Å².